The van der Waals surface area contributed by atoms with Crippen LogP contribution in [-0.2, 0) is 20.7 Å². The third kappa shape index (κ3) is 6.01. The maximum atomic E-state index is 12.1. The highest BCUT2D eigenvalue weighted by Crippen LogP contribution is 2.35. The molecule has 0 radical (unpaired) electrons. The van der Waals surface area contributed by atoms with Crippen LogP contribution in [0.3, 0.4) is 0 Å². The normalized spacial score (nSPS) is 14.6. The Morgan fingerprint density at radius 2 is 1.97 bits per heavy atom. The summed E-state index contributed by atoms with van der Waals surface area (Å²) in [5.41, 5.74) is 3.46. The maximum Gasteiger partial charge on any atom is 0.331 e. The third-order valence-corrected chi connectivity index (χ3v) is 4.74. The van der Waals surface area contributed by atoms with Crippen molar-refractivity contribution in [2.75, 3.05) is 37.5 Å². The maximum absolute atomic E-state index is 12.1. The van der Waals surface area contributed by atoms with Gasteiger partial charge in [0.05, 0.1) is 6.61 Å². The molecule has 0 bridgehead atoms. The summed E-state index contributed by atoms with van der Waals surface area (Å²) in [6.45, 7) is 4.05. The van der Waals surface area contributed by atoms with Gasteiger partial charge >= 0.3 is 5.97 Å². The van der Waals surface area contributed by atoms with Gasteiger partial charge in [0, 0.05) is 49.1 Å². The van der Waals surface area contributed by atoms with Crippen LogP contribution in [0.4, 0.5) is 11.4 Å². The molecule has 7 heteroatoms. The molecule has 0 spiro atoms. The lowest BCUT2D eigenvalue weighted by molar-refractivity contribution is -0.142. The monoisotopic (exact) mass is 424 g/mol. The number of carbonyl (C=O) groups excluding carboxylic acids is 2. The van der Waals surface area contributed by atoms with Gasteiger partial charge in [0.15, 0.2) is 6.61 Å². The van der Waals surface area contributed by atoms with Crippen molar-refractivity contribution < 1.29 is 23.8 Å². The Kier molecular flexibility index (Phi) is 7.18. The molecule has 1 heterocycles. The number of fused-ring (bicyclic) bond motifs is 1. The summed E-state index contributed by atoms with van der Waals surface area (Å²) in [7, 11) is 3.88. The highest BCUT2D eigenvalue weighted by molar-refractivity contribution is 5.94. The molecule has 2 aromatic rings. The molecule has 164 valence electrons. The Bertz CT molecular complexity index is 967. The Balaban J connectivity index is 1.55. The molecule has 3 rings (SSSR count). The SMILES string of the molecule is CCOc1cc2c(cc1/C=C/C(=O)OCC(=O)Nc1ccc(N(C)C)cc1)O[C@@H](C)C2. The summed E-state index contributed by atoms with van der Waals surface area (Å²) in [4.78, 5) is 26.1. The summed E-state index contributed by atoms with van der Waals surface area (Å²) in [6, 6.07) is 11.2. The van der Waals surface area contributed by atoms with Crippen molar-refractivity contribution in [2.24, 2.45) is 0 Å². The van der Waals surface area contributed by atoms with Gasteiger partial charge in [0.2, 0.25) is 0 Å². The van der Waals surface area contributed by atoms with Crippen LogP contribution < -0.4 is 19.7 Å². The quantitative estimate of drug-likeness (QED) is 0.515. The first-order valence-corrected chi connectivity index (χ1v) is 10.2. The molecule has 0 aliphatic carbocycles. The van der Waals surface area contributed by atoms with Crippen molar-refractivity contribution in [3.8, 4) is 11.5 Å². The lowest BCUT2D eigenvalue weighted by Gasteiger charge is -2.13. The molecular weight excluding hydrogens is 396 g/mol. The molecule has 0 saturated heterocycles. The number of amides is 1. The number of esters is 1. The van der Waals surface area contributed by atoms with E-state index in [2.05, 4.69) is 5.32 Å². The average Bonchev–Trinajstić information content (AvgIpc) is 3.10. The number of benzene rings is 2. The van der Waals surface area contributed by atoms with Gasteiger partial charge in [-0.25, -0.2) is 4.79 Å². The molecule has 1 aliphatic rings. The fraction of sp³-hybridized carbons (Fsp3) is 0.333. The van der Waals surface area contributed by atoms with E-state index in [1.165, 1.54) is 6.08 Å². The van der Waals surface area contributed by atoms with E-state index in [9.17, 15) is 9.59 Å². The zero-order valence-corrected chi connectivity index (χ0v) is 18.3. The second kappa shape index (κ2) is 10.0. The fourth-order valence-corrected chi connectivity index (χ4v) is 3.25. The Hall–Kier alpha value is -3.48. The van der Waals surface area contributed by atoms with Crippen LogP contribution in [0, 0.1) is 0 Å². The van der Waals surface area contributed by atoms with Crippen LogP contribution in [0.1, 0.15) is 25.0 Å². The van der Waals surface area contributed by atoms with Gasteiger partial charge in [0.25, 0.3) is 5.91 Å². The number of nitrogens with zero attached hydrogens (tertiary/aromatic N) is 1. The highest BCUT2D eigenvalue weighted by Gasteiger charge is 2.21. The van der Waals surface area contributed by atoms with Crippen molar-refractivity contribution in [1.29, 1.82) is 0 Å². The van der Waals surface area contributed by atoms with E-state index < -0.39 is 11.9 Å². The number of nitrogens with one attached hydrogen (secondary N) is 1. The van der Waals surface area contributed by atoms with Crippen molar-refractivity contribution in [2.45, 2.75) is 26.4 Å². The minimum absolute atomic E-state index is 0.117. The average molecular weight is 424 g/mol. The molecular formula is C24H28N2O5. The summed E-state index contributed by atoms with van der Waals surface area (Å²) in [6.07, 6.45) is 3.83. The zero-order valence-electron chi connectivity index (χ0n) is 18.3. The van der Waals surface area contributed by atoms with Gasteiger partial charge < -0.3 is 24.4 Å². The Labute approximate surface area is 182 Å². The van der Waals surface area contributed by atoms with E-state index in [0.29, 0.717) is 18.0 Å². The minimum Gasteiger partial charge on any atom is -0.493 e. The summed E-state index contributed by atoms with van der Waals surface area (Å²) < 4.78 is 16.5. The van der Waals surface area contributed by atoms with E-state index in [1.54, 1.807) is 18.2 Å². The van der Waals surface area contributed by atoms with Gasteiger partial charge in [-0.2, -0.15) is 0 Å². The molecule has 1 N–H and O–H groups in total. The van der Waals surface area contributed by atoms with E-state index in [4.69, 9.17) is 14.2 Å². The molecule has 2 aromatic carbocycles. The van der Waals surface area contributed by atoms with E-state index >= 15 is 0 Å². The molecule has 0 aromatic heterocycles. The Morgan fingerprint density at radius 1 is 1.23 bits per heavy atom. The number of ether oxygens (including phenoxy) is 3. The van der Waals surface area contributed by atoms with Crippen molar-refractivity contribution in [3.05, 3.63) is 53.6 Å². The molecule has 1 atom stereocenters. The highest BCUT2D eigenvalue weighted by atomic mass is 16.5. The number of carbonyl (C=O) groups is 2. The van der Waals surface area contributed by atoms with E-state index in [1.807, 2.05) is 57.1 Å². The lowest BCUT2D eigenvalue weighted by Crippen LogP contribution is -2.20. The molecule has 1 amide bonds. The van der Waals surface area contributed by atoms with E-state index in [0.717, 1.165) is 29.0 Å². The smallest absolute Gasteiger partial charge is 0.331 e. The van der Waals surface area contributed by atoms with Gasteiger partial charge in [-0.1, -0.05) is 0 Å². The van der Waals surface area contributed by atoms with Crippen molar-refractivity contribution in [1.82, 2.24) is 0 Å². The second-order valence-electron chi connectivity index (χ2n) is 7.49. The zero-order chi connectivity index (χ0) is 22.4. The second-order valence-corrected chi connectivity index (χ2v) is 7.49. The van der Waals surface area contributed by atoms with Crippen molar-refractivity contribution >= 4 is 29.3 Å². The van der Waals surface area contributed by atoms with Crippen LogP contribution in [0.15, 0.2) is 42.5 Å². The summed E-state index contributed by atoms with van der Waals surface area (Å²) >= 11 is 0. The molecule has 0 fully saturated rings. The standard InChI is InChI=1S/C24H28N2O5/c1-5-29-21-14-18-12-16(2)31-22(18)13-17(21)6-11-24(28)30-15-23(27)25-19-7-9-20(10-8-19)26(3)4/h6-11,13-14,16H,5,12,15H2,1-4H3,(H,25,27)/b11-6+/t16-/m0/s1. The van der Waals surface area contributed by atoms with Crippen LogP contribution >= 0.6 is 0 Å². The Morgan fingerprint density at radius 3 is 2.65 bits per heavy atom. The fourth-order valence-electron chi connectivity index (χ4n) is 3.25. The number of anilines is 2. The minimum atomic E-state index is -0.615. The first-order chi connectivity index (χ1) is 14.9. The van der Waals surface area contributed by atoms with Gasteiger partial charge in [-0.15, -0.1) is 0 Å². The van der Waals surface area contributed by atoms with Crippen LogP contribution in [-0.4, -0.2) is 45.3 Å². The largest absolute Gasteiger partial charge is 0.493 e. The number of hydrogen-bond donors (Lipinski definition) is 1. The third-order valence-electron chi connectivity index (χ3n) is 4.74. The van der Waals surface area contributed by atoms with Crippen molar-refractivity contribution in [3.63, 3.8) is 0 Å². The molecule has 0 unspecified atom stereocenters. The van der Waals surface area contributed by atoms with Gasteiger partial charge in [-0.3, -0.25) is 4.79 Å². The number of rotatable bonds is 8. The first-order valence-electron chi connectivity index (χ1n) is 10.2. The summed E-state index contributed by atoms with van der Waals surface area (Å²) in [5, 5.41) is 2.70. The number of hydrogen-bond acceptors (Lipinski definition) is 6. The predicted octanol–water partition coefficient (Wildman–Crippen LogP) is 3.67. The van der Waals surface area contributed by atoms with Gasteiger partial charge in [0.1, 0.15) is 17.6 Å². The van der Waals surface area contributed by atoms with Gasteiger partial charge in [-0.05, 0) is 56.3 Å². The topological polar surface area (TPSA) is 77.1 Å². The molecule has 1 aliphatic heterocycles. The molecule has 0 saturated carbocycles. The molecule has 7 nitrogen and oxygen atoms in total. The van der Waals surface area contributed by atoms with Crippen LogP contribution in [0.5, 0.6) is 11.5 Å². The summed E-state index contributed by atoms with van der Waals surface area (Å²) in [5.74, 6) is 0.454. The van der Waals surface area contributed by atoms with Crippen LogP contribution in [0.2, 0.25) is 0 Å². The van der Waals surface area contributed by atoms with Crippen LogP contribution in [0.25, 0.3) is 6.08 Å². The predicted molar refractivity (Wildman–Crippen MR) is 121 cm³/mol. The molecule has 31 heavy (non-hydrogen) atoms. The first kappa shape index (κ1) is 22.2. The lowest BCUT2D eigenvalue weighted by atomic mass is 10.1. The van der Waals surface area contributed by atoms with E-state index in [-0.39, 0.29) is 12.7 Å².